The molecule has 8 atom stereocenters. The van der Waals surface area contributed by atoms with Gasteiger partial charge in [0.2, 0.25) is 0 Å². The van der Waals surface area contributed by atoms with Crippen LogP contribution in [0.3, 0.4) is 0 Å². The Kier molecular flexibility index (Phi) is 2.42. The summed E-state index contributed by atoms with van der Waals surface area (Å²) < 4.78 is 30.6. The Morgan fingerprint density at radius 3 is 1.54 bits per heavy atom. The largest absolute Gasteiger partial charge is 0.449 e. The maximum atomic E-state index is 12.1. The van der Waals surface area contributed by atoms with Gasteiger partial charge < -0.3 is 39.4 Å². The second-order valence-electron chi connectivity index (χ2n) is 6.24. The number of aliphatic hydroxyl groups is 4. The van der Waals surface area contributed by atoms with E-state index in [2.05, 4.69) is 0 Å². The summed E-state index contributed by atoms with van der Waals surface area (Å²) in [5.74, 6) is -13.7. The minimum Gasteiger partial charge on any atom is -0.449 e. The molecule has 5 aliphatic heterocycles. The van der Waals surface area contributed by atoms with Crippen LogP contribution in [0.1, 0.15) is 0 Å². The third kappa shape index (κ3) is 1.22. The monoisotopic (exact) mass is 348 g/mol. The van der Waals surface area contributed by atoms with Crippen LogP contribution in [0.2, 0.25) is 0 Å². The summed E-state index contributed by atoms with van der Waals surface area (Å²) in [6.45, 7) is -0.844. The van der Waals surface area contributed by atoms with Crippen LogP contribution >= 0.6 is 0 Å². The Balaban J connectivity index is 1.70. The standard InChI is InChI=1S/C12H12O12/c13-3-1-19-11-5(3)21-7(15)9(11,17)24-12-6(4(14)2-20-12)22-8(16)10(12,18)23-11/h3-6,13-14,17-18H,1-2H2. The second kappa shape index (κ2) is 3.89. The fourth-order valence-corrected chi connectivity index (χ4v) is 3.81. The molecule has 5 fully saturated rings. The van der Waals surface area contributed by atoms with E-state index in [0.29, 0.717) is 0 Å². The van der Waals surface area contributed by atoms with Crippen molar-refractivity contribution in [2.75, 3.05) is 13.2 Å². The van der Waals surface area contributed by atoms with Gasteiger partial charge in [0.25, 0.3) is 11.6 Å². The summed E-state index contributed by atoms with van der Waals surface area (Å²) in [6, 6.07) is 0. The molecule has 5 heterocycles. The zero-order valence-electron chi connectivity index (χ0n) is 11.8. The Morgan fingerprint density at radius 2 is 1.17 bits per heavy atom. The van der Waals surface area contributed by atoms with Crippen LogP contribution in [0.15, 0.2) is 0 Å². The highest BCUT2D eigenvalue weighted by Crippen LogP contribution is 2.60. The maximum Gasteiger partial charge on any atom is 0.373 e. The molecule has 5 aliphatic rings. The van der Waals surface area contributed by atoms with Gasteiger partial charge >= 0.3 is 23.5 Å². The van der Waals surface area contributed by atoms with Crippen molar-refractivity contribution in [3.63, 3.8) is 0 Å². The van der Waals surface area contributed by atoms with Gasteiger partial charge in [-0.25, -0.2) is 9.59 Å². The van der Waals surface area contributed by atoms with Crippen LogP contribution < -0.4 is 0 Å². The van der Waals surface area contributed by atoms with Crippen LogP contribution in [-0.4, -0.2) is 93.1 Å². The normalized spacial score (nSPS) is 61.0. The topological polar surface area (TPSA) is 170 Å². The molecule has 24 heavy (non-hydrogen) atoms. The van der Waals surface area contributed by atoms with E-state index in [4.69, 9.17) is 28.4 Å². The van der Waals surface area contributed by atoms with Crippen LogP contribution in [0.5, 0.6) is 0 Å². The molecular formula is C12H12O12. The van der Waals surface area contributed by atoms with Crippen molar-refractivity contribution < 1.29 is 58.4 Å². The highest BCUT2D eigenvalue weighted by molar-refractivity contribution is 5.86. The number of carbonyl (C=O) groups is 2. The van der Waals surface area contributed by atoms with E-state index in [1.165, 1.54) is 0 Å². The van der Waals surface area contributed by atoms with E-state index in [-0.39, 0.29) is 0 Å². The van der Waals surface area contributed by atoms with Gasteiger partial charge in [0.15, 0.2) is 12.2 Å². The van der Waals surface area contributed by atoms with Crippen molar-refractivity contribution in [2.24, 2.45) is 0 Å². The molecule has 0 aromatic rings. The highest BCUT2D eigenvalue weighted by Gasteiger charge is 2.91. The van der Waals surface area contributed by atoms with Gasteiger partial charge in [0.05, 0.1) is 13.2 Å². The lowest BCUT2D eigenvalue weighted by molar-refractivity contribution is -0.528. The molecule has 12 heteroatoms. The molecule has 0 saturated carbocycles. The first-order chi connectivity index (χ1) is 11.2. The first-order valence-electron chi connectivity index (χ1n) is 7.11. The second-order valence-corrected chi connectivity index (χ2v) is 6.24. The summed E-state index contributed by atoms with van der Waals surface area (Å²) >= 11 is 0. The molecule has 8 unspecified atom stereocenters. The van der Waals surface area contributed by atoms with E-state index in [9.17, 15) is 30.0 Å². The molecule has 0 radical (unpaired) electrons. The molecule has 12 nitrogen and oxygen atoms in total. The minimum absolute atomic E-state index is 0.422. The Labute approximate surface area is 132 Å². The molecule has 4 N–H and O–H groups in total. The molecule has 132 valence electrons. The molecule has 2 spiro atoms. The number of rotatable bonds is 0. The number of aliphatic hydroxyl groups excluding tert-OH is 2. The first kappa shape index (κ1) is 14.9. The number of hydrogen-bond donors (Lipinski definition) is 4. The fraction of sp³-hybridized carbons (Fsp3) is 0.833. The molecular weight excluding hydrogens is 336 g/mol. The quantitative estimate of drug-likeness (QED) is 0.309. The van der Waals surface area contributed by atoms with Gasteiger partial charge in [-0.1, -0.05) is 0 Å². The summed E-state index contributed by atoms with van der Waals surface area (Å²) in [5, 5.41) is 41.2. The molecule has 0 aromatic heterocycles. The van der Waals surface area contributed by atoms with Gasteiger partial charge in [-0.15, -0.1) is 0 Å². The van der Waals surface area contributed by atoms with Crippen molar-refractivity contribution in [2.45, 2.75) is 47.6 Å². The van der Waals surface area contributed by atoms with E-state index in [0.717, 1.165) is 0 Å². The van der Waals surface area contributed by atoms with E-state index >= 15 is 0 Å². The lowest BCUT2D eigenvalue weighted by Crippen LogP contribution is -2.78. The minimum atomic E-state index is -2.96. The van der Waals surface area contributed by atoms with Crippen LogP contribution in [0.4, 0.5) is 0 Å². The van der Waals surface area contributed by atoms with Gasteiger partial charge in [0.1, 0.15) is 12.2 Å². The maximum absolute atomic E-state index is 12.1. The van der Waals surface area contributed by atoms with Gasteiger partial charge in [-0.2, -0.15) is 0 Å². The number of hydrogen-bond acceptors (Lipinski definition) is 12. The number of esters is 2. The molecule has 5 rings (SSSR count). The Hall–Kier alpha value is -1.38. The summed E-state index contributed by atoms with van der Waals surface area (Å²) in [7, 11) is 0. The van der Waals surface area contributed by atoms with Crippen LogP contribution in [0, 0.1) is 0 Å². The smallest absolute Gasteiger partial charge is 0.373 e. The van der Waals surface area contributed by atoms with Crippen LogP contribution in [0.25, 0.3) is 0 Å². The predicted octanol–water partition coefficient (Wildman–Crippen LogP) is -4.56. The van der Waals surface area contributed by atoms with E-state index < -0.39 is 72.7 Å². The van der Waals surface area contributed by atoms with Crippen LogP contribution in [-0.2, 0) is 38.0 Å². The Morgan fingerprint density at radius 1 is 0.792 bits per heavy atom. The zero-order chi connectivity index (χ0) is 17.1. The average Bonchev–Trinajstić information content (AvgIpc) is 3.13. The average molecular weight is 348 g/mol. The third-order valence-corrected chi connectivity index (χ3v) is 4.95. The van der Waals surface area contributed by atoms with Crippen molar-refractivity contribution in [3.8, 4) is 0 Å². The molecule has 0 bridgehead atoms. The van der Waals surface area contributed by atoms with E-state index in [1.54, 1.807) is 0 Å². The highest BCUT2D eigenvalue weighted by atomic mass is 16.9. The van der Waals surface area contributed by atoms with Crippen molar-refractivity contribution in [1.29, 1.82) is 0 Å². The first-order valence-corrected chi connectivity index (χ1v) is 7.11. The van der Waals surface area contributed by atoms with Gasteiger partial charge in [-0.05, 0) is 0 Å². The SMILES string of the molecule is O=C1OC2C(O)COC23OC2(O)C(=O)OC4C(O)COC42OC13O. The summed E-state index contributed by atoms with van der Waals surface area (Å²) in [6.07, 6.45) is -5.91. The van der Waals surface area contributed by atoms with E-state index in [1.807, 2.05) is 0 Å². The molecule has 5 saturated heterocycles. The van der Waals surface area contributed by atoms with Crippen molar-refractivity contribution >= 4 is 11.9 Å². The molecule has 0 aromatic carbocycles. The third-order valence-electron chi connectivity index (χ3n) is 4.95. The number of carbonyl (C=O) groups excluding carboxylic acids is 2. The van der Waals surface area contributed by atoms with Crippen molar-refractivity contribution in [1.82, 2.24) is 0 Å². The molecule has 0 aliphatic carbocycles. The van der Waals surface area contributed by atoms with Gasteiger partial charge in [0, 0.05) is 0 Å². The Bertz CT molecular complexity index is 610. The van der Waals surface area contributed by atoms with Gasteiger partial charge in [-0.3, -0.25) is 9.47 Å². The van der Waals surface area contributed by atoms with Crippen molar-refractivity contribution in [3.05, 3.63) is 0 Å². The lowest BCUT2D eigenvalue weighted by Gasteiger charge is -2.50. The molecule has 0 amide bonds. The zero-order valence-corrected chi connectivity index (χ0v) is 11.8. The number of ether oxygens (including phenoxy) is 6. The fourth-order valence-electron chi connectivity index (χ4n) is 3.81. The predicted molar refractivity (Wildman–Crippen MR) is 61.2 cm³/mol. The lowest BCUT2D eigenvalue weighted by atomic mass is 9.93. The summed E-state index contributed by atoms with van der Waals surface area (Å²) in [4.78, 5) is 24.3. The summed E-state index contributed by atoms with van der Waals surface area (Å²) in [5.41, 5.74) is 0.